The molecule has 5 nitrogen and oxygen atoms in total. The first-order chi connectivity index (χ1) is 11.7. The summed E-state index contributed by atoms with van der Waals surface area (Å²) >= 11 is 0. The monoisotopic (exact) mass is 331 g/mol. The molecule has 0 aromatic heterocycles. The van der Waals surface area contributed by atoms with E-state index in [-0.39, 0.29) is 11.9 Å². The molecule has 0 spiro atoms. The number of nitrogens with two attached hydrogens (primary N) is 1. The van der Waals surface area contributed by atoms with Gasteiger partial charge < -0.3 is 15.4 Å². The van der Waals surface area contributed by atoms with E-state index in [4.69, 9.17) is 10.5 Å². The predicted molar refractivity (Wildman–Crippen MR) is 94.8 cm³/mol. The minimum atomic E-state index is 0.126. The van der Waals surface area contributed by atoms with Gasteiger partial charge in [0.25, 0.3) is 5.91 Å². The van der Waals surface area contributed by atoms with E-state index in [0.29, 0.717) is 12.5 Å². The highest BCUT2D eigenvalue weighted by atomic mass is 16.5. The van der Waals surface area contributed by atoms with Gasteiger partial charge in [0.1, 0.15) is 0 Å². The summed E-state index contributed by atoms with van der Waals surface area (Å²) in [6.45, 7) is 7.94. The summed E-state index contributed by atoms with van der Waals surface area (Å²) in [5.41, 5.74) is 7.92. The first-order valence-electron chi connectivity index (χ1n) is 9.09. The Hall–Kier alpha value is -1.43. The van der Waals surface area contributed by atoms with E-state index in [2.05, 4.69) is 17.9 Å². The van der Waals surface area contributed by atoms with Crippen molar-refractivity contribution in [2.24, 2.45) is 11.7 Å². The average molecular weight is 331 g/mol. The fourth-order valence-corrected chi connectivity index (χ4v) is 3.85. The molecular weight excluding hydrogens is 302 g/mol. The van der Waals surface area contributed by atoms with E-state index in [1.165, 1.54) is 5.56 Å². The Morgan fingerprint density at radius 1 is 1.29 bits per heavy atom. The number of piperidine rings is 1. The van der Waals surface area contributed by atoms with Gasteiger partial charge in [0.2, 0.25) is 0 Å². The van der Waals surface area contributed by atoms with Crippen molar-refractivity contribution in [3.8, 4) is 0 Å². The van der Waals surface area contributed by atoms with Crippen LogP contribution in [0, 0.1) is 5.92 Å². The number of benzene rings is 1. The Morgan fingerprint density at radius 2 is 2.08 bits per heavy atom. The van der Waals surface area contributed by atoms with Gasteiger partial charge in [-0.1, -0.05) is 19.1 Å². The van der Waals surface area contributed by atoms with Crippen LogP contribution < -0.4 is 5.73 Å². The van der Waals surface area contributed by atoms with Crippen LogP contribution in [0.25, 0.3) is 0 Å². The molecular formula is C19H29N3O2. The minimum absolute atomic E-state index is 0.126. The molecule has 2 aliphatic rings. The number of carbonyl (C=O) groups excluding carboxylic acids is 1. The molecule has 0 radical (unpaired) electrons. The number of carbonyl (C=O) groups is 1. The minimum Gasteiger partial charge on any atom is -0.379 e. The van der Waals surface area contributed by atoms with Crippen molar-refractivity contribution >= 4 is 5.91 Å². The molecule has 0 bridgehead atoms. The molecule has 132 valence electrons. The first-order valence-corrected chi connectivity index (χ1v) is 9.09. The van der Waals surface area contributed by atoms with Gasteiger partial charge in [0.15, 0.2) is 0 Å². The molecule has 1 aromatic rings. The quantitative estimate of drug-likeness (QED) is 0.913. The lowest BCUT2D eigenvalue weighted by Crippen LogP contribution is -2.51. The summed E-state index contributed by atoms with van der Waals surface area (Å²) in [6, 6.07) is 8.23. The van der Waals surface area contributed by atoms with Crippen LogP contribution in [0.4, 0.5) is 0 Å². The zero-order valence-electron chi connectivity index (χ0n) is 14.6. The number of morpholine rings is 1. The Kier molecular flexibility index (Phi) is 5.87. The zero-order valence-corrected chi connectivity index (χ0v) is 14.6. The number of hydrogen-bond donors (Lipinski definition) is 1. The van der Waals surface area contributed by atoms with Crippen molar-refractivity contribution in [1.29, 1.82) is 0 Å². The van der Waals surface area contributed by atoms with E-state index in [1.807, 2.05) is 23.1 Å². The number of rotatable bonds is 4. The number of ether oxygens (including phenoxy) is 1. The normalized spacial score (nSPS) is 25.7. The predicted octanol–water partition coefficient (Wildman–Crippen LogP) is 1.72. The van der Waals surface area contributed by atoms with Crippen LogP contribution in [0.1, 0.15) is 35.7 Å². The SMILES string of the molecule is C[C@H]1CCCN(C(=O)c2cccc(CN3CCOCC3)c2)[C@@H]1CN. The lowest BCUT2D eigenvalue weighted by Gasteiger charge is -2.39. The second-order valence-corrected chi connectivity index (χ2v) is 7.01. The maximum absolute atomic E-state index is 13.0. The molecule has 24 heavy (non-hydrogen) atoms. The van der Waals surface area contributed by atoms with Crippen molar-refractivity contribution in [2.75, 3.05) is 39.4 Å². The number of likely N-dealkylation sites (tertiary alicyclic amines) is 1. The third kappa shape index (κ3) is 3.97. The molecule has 1 amide bonds. The number of hydrogen-bond acceptors (Lipinski definition) is 4. The Labute approximate surface area is 144 Å². The molecule has 0 aliphatic carbocycles. The highest BCUT2D eigenvalue weighted by Crippen LogP contribution is 2.24. The maximum Gasteiger partial charge on any atom is 0.254 e. The fraction of sp³-hybridized carbons (Fsp3) is 0.632. The van der Waals surface area contributed by atoms with Gasteiger partial charge in [-0.3, -0.25) is 9.69 Å². The Bertz CT molecular complexity index is 557. The van der Waals surface area contributed by atoms with E-state index in [0.717, 1.165) is 57.8 Å². The van der Waals surface area contributed by atoms with Crippen molar-refractivity contribution < 1.29 is 9.53 Å². The summed E-state index contributed by atoms with van der Waals surface area (Å²) in [5, 5.41) is 0. The maximum atomic E-state index is 13.0. The fourth-order valence-electron chi connectivity index (χ4n) is 3.85. The molecule has 2 saturated heterocycles. The van der Waals surface area contributed by atoms with Gasteiger partial charge in [-0.15, -0.1) is 0 Å². The molecule has 2 heterocycles. The van der Waals surface area contributed by atoms with Crippen molar-refractivity contribution in [3.05, 3.63) is 35.4 Å². The summed E-state index contributed by atoms with van der Waals surface area (Å²) in [6.07, 6.45) is 2.22. The highest BCUT2D eigenvalue weighted by Gasteiger charge is 2.31. The van der Waals surface area contributed by atoms with E-state index < -0.39 is 0 Å². The Morgan fingerprint density at radius 3 is 2.83 bits per heavy atom. The standard InChI is InChI=1S/C19H29N3O2/c1-15-4-3-7-22(18(15)13-20)19(23)17-6-2-5-16(12-17)14-21-8-10-24-11-9-21/h2,5-6,12,15,18H,3-4,7-11,13-14,20H2,1H3/t15-,18+/m0/s1. The third-order valence-corrected chi connectivity index (χ3v) is 5.30. The van der Waals surface area contributed by atoms with E-state index >= 15 is 0 Å². The number of nitrogens with zero attached hydrogens (tertiary/aromatic N) is 2. The third-order valence-electron chi connectivity index (χ3n) is 5.30. The van der Waals surface area contributed by atoms with Crippen molar-refractivity contribution in [1.82, 2.24) is 9.80 Å². The molecule has 2 fully saturated rings. The number of amides is 1. The Balaban J connectivity index is 1.71. The van der Waals surface area contributed by atoms with Crippen LogP contribution in [-0.2, 0) is 11.3 Å². The second-order valence-electron chi connectivity index (χ2n) is 7.01. The van der Waals surface area contributed by atoms with Crippen LogP contribution in [0.5, 0.6) is 0 Å². The van der Waals surface area contributed by atoms with Crippen LogP contribution in [0.2, 0.25) is 0 Å². The van der Waals surface area contributed by atoms with Gasteiger partial charge >= 0.3 is 0 Å². The van der Waals surface area contributed by atoms with E-state index in [1.54, 1.807) is 0 Å². The summed E-state index contributed by atoms with van der Waals surface area (Å²) in [4.78, 5) is 17.4. The highest BCUT2D eigenvalue weighted by molar-refractivity contribution is 5.94. The van der Waals surface area contributed by atoms with Crippen LogP contribution in [0.3, 0.4) is 0 Å². The van der Waals surface area contributed by atoms with Crippen molar-refractivity contribution in [2.45, 2.75) is 32.4 Å². The second kappa shape index (κ2) is 8.10. The first kappa shape index (κ1) is 17.4. The van der Waals surface area contributed by atoms with Gasteiger partial charge in [0, 0.05) is 44.3 Å². The average Bonchev–Trinajstić information content (AvgIpc) is 2.62. The van der Waals surface area contributed by atoms with Gasteiger partial charge in [0.05, 0.1) is 13.2 Å². The molecule has 0 unspecified atom stereocenters. The molecule has 2 aliphatic heterocycles. The van der Waals surface area contributed by atoms with Gasteiger partial charge in [-0.05, 0) is 36.5 Å². The summed E-state index contributed by atoms with van der Waals surface area (Å²) in [5.74, 6) is 0.602. The largest absolute Gasteiger partial charge is 0.379 e. The van der Waals surface area contributed by atoms with Crippen LogP contribution in [0.15, 0.2) is 24.3 Å². The molecule has 2 atom stereocenters. The van der Waals surface area contributed by atoms with Crippen LogP contribution in [-0.4, -0.2) is 61.1 Å². The summed E-state index contributed by atoms with van der Waals surface area (Å²) < 4.78 is 5.40. The topological polar surface area (TPSA) is 58.8 Å². The molecule has 5 heteroatoms. The molecule has 3 rings (SSSR count). The lowest BCUT2D eigenvalue weighted by molar-refractivity contribution is 0.0341. The molecule has 2 N–H and O–H groups in total. The van der Waals surface area contributed by atoms with Crippen LogP contribution >= 0.6 is 0 Å². The van der Waals surface area contributed by atoms with Crippen molar-refractivity contribution in [3.63, 3.8) is 0 Å². The molecule has 0 saturated carbocycles. The van der Waals surface area contributed by atoms with E-state index in [9.17, 15) is 4.79 Å². The zero-order chi connectivity index (χ0) is 16.9. The lowest BCUT2D eigenvalue weighted by atomic mass is 9.90. The summed E-state index contributed by atoms with van der Waals surface area (Å²) in [7, 11) is 0. The molecule has 1 aromatic carbocycles. The smallest absolute Gasteiger partial charge is 0.254 e. The van der Waals surface area contributed by atoms with Gasteiger partial charge in [-0.2, -0.15) is 0 Å². The van der Waals surface area contributed by atoms with Gasteiger partial charge in [-0.25, -0.2) is 0 Å².